The lowest BCUT2D eigenvalue weighted by atomic mass is 9.93. The topological polar surface area (TPSA) is 48.3 Å². The van der Waals surface area contributed by atoms with Gasteiger partial charge in [0.2, 0.25) is 0 Å². The molecule has 0 amide bonds. The molecule has 0 radical (unpaired) electrons. The minimum Gasteiger partial charge on any atom is -0.456 e. The summed E-state index contributed by atoms with van der Waals surface area (Å²) in [6.45, 7) is 0. The van der Waals surface area contributed by atoms with Crippen LogP contribution in [0.4, 0.5) is 0 Å². The van der Waals surface area contributed by atoms with Crippen molar-refractivity contribution in [2.45, 2.75) is 0 Å². The minimum absolute atomic E-state index is 0.752. The van der Waals surface area contributed by atoms with E-state index in [-0.39, 0.29) is 0 Å². The van der Waals surface area contributed by atoms with Gasteiger partial charge in [0.05, 0.1) is 11.0 Å². The van der Waals surface area contributed by atoms with E-state index >= 15 is 4.57 Å². The molecule has 0 atom stereocenters. The first kappa shape index (κ1) is 32.7. The Kier molecular flexibility index (Phi) is 6.68. The van der Waals surface area contributed by atoms with Gasteiger partial charge in [0.15, 0.2) is 7.14 Å². The summed E-state index contributed by atoms with van der Waals surface area (Å²) in [5, 5.41) is 15.4. The van der Waals surface area contributed by atoms with Crippen LogP contribution in [0.1, 0.15) is 0 Å². The molecular formula is C54H32NO3P. The number of benzene rings is 10. The fraction of sp³-hybridized carbons (Fsp3) is 0. The summed E-state index contributed by atoms with van der Waals surface area (Å²) >= 11 is 0. The number of hydrogen-bond acceptors (Lipinski definition) is 3. The highest BCUT2D eigenvalue weighted by atomic mass is 31.2. The third-order valence-corrected chi connectivity index (χ3v) is 15.5. The zero-order valence-corrected chi connectivity index (χ0v) is 32.5. The molecular weight excluding hydrogens is 742 g/mol. The molecule has 10 aromatic carbocycles. The van der Waals surface area contributed by atoms with Gasteiger partial charge in [-0.05, 0) is 117 Å². The number of rotatable bonds is 4. The minimum atomic E-state index is -3.53. The fourth-order valence-corrected chi connectivity index (χ4v) is 12.4. The number of furan rings is 2. The lowest BCUT2D eigenvalue weighted by Gasteiger charge is -2.22. The second-order valence-corrected chi connectivity index (χ2v) is 18.3. The van der Waals surface area contributed by atoms with E-state index in [1.165, 1.54) is 21.7 Å². The van der Waals surface area contributed by atoms with Crippen molar-refractivity contribution in [3.8, 4) is 5.69 Å². The molecule has 0 unspecified atom stereocenters. The van der Waals surface area contributed by atoms with Gasteiger partial charge in [-0.3, -0.25) is 0 Å². The van der Waals surface area contributed by atoms with Crippen LogP contribution in [-0.2, 0) is 4.57 Å². The summed E-state index contributed by atoms with van der Waals surface area (Å²) in [4.78, 5) is 0. The molecule has 0 spiro atoms. The molecule has 0 aliphatic rings. The Morgan fingerprint density at radius 1 is 0.305 bits per heavy atom. The Morgan fingerprint density at radius 3 is 1.37 bits per heavy atom. The largest absolute Gasteiger partial charge is 0.456 e. The van der Waals surface area contributed by atoms with Crippen LogP contribution in [0, 0.1) is 0 Å². The van der Waals surface area contributed by atoms with Crippen molar-refractivity contribution in [1.82, 2.24) is 4.57 Å². The van der Waals surface area contributed by atoms with Gasteiger partial charge in [0.1, 0.15) is 22.3 Å². The highest BCUT2D eigenvalue weighted by Crippen LogP contribution is 2.47. The quantitative estimate of drug-likeness (QED) is 0.132. The number of para-hydroxylation sites is 4. The van der Waals surface area contributed by atoms with E-state index in [1.807, 2.05) is 60.7 Å². The van der Waals surface area contributed by atoms with E-state index in [9.17, 15) is 0 Å². The van der Waals surface area contributed by atoms with Crippen molar-refractivity contribution >= 4 is 121 Å². The zero-order valence-electron chi connectivity index (χ0n) is 31.6. The van der Waals surface area contributed by atoms with Crippen LogP contribution in [0.5, 0.6) is 0 Å². The molecule has 0 N–H and O–H groups in total. The van der Waals surface area contributed by atoms with Gasteiger partial charge >= 0.3 is 0 Å². The van der Waals surface area contributed by atoms with Crippen LogP contribution in [-0.4, -0.2) is 4.57 Å². The molecule has 0 bridgehead atoms. The maximum atomic E-state index is 16.7. The molecule has 59 heavy (non-hydrogen) atoms. The van der Waals surface area contributed by atoms with Gasteiger partial charge in [0.25, 0.3) is 0 Å². The average Bonchev–Trinajstić information content (AvgIpc) is 3.97. The highest BCUT2D eigenvalue weighted by molar-refractivity contribution is 7.85. The normalized spacial score (nSPS) is 12.5. The van der Waals surface area contributed by atoms with Gasteiger partial charge < -0.3 is 18.0 Å². The first-order valence-corrected chi connectivity index (χ1v) is 21.6. The molecule has 0 aliphatic heterocycles. The third-order valence-electron chi connectivity index (χ3n) is 12.4. The molecule has 0 saturated heterocycles. The Labute approximate surface area is 337 Å². The van der Waals surface area contributed by atoms with Crippen LogP contribution in [0.15, 0.2) is 203 Å². The lowest BCUT2D eigenvalue weighted by molar-refractivity contribution is 0.592. The van der Waals surface area contributed by atoms with Crippen LogP contribution in [0.3, 0.4) is 0 Å². The maximum Gasteiger partial charge on any atom is 0.171 e. The van der Waals surface area contributed by atoms with Gasteiger partial charge in [-0.15, -0.1) is 0 Å². The number of fused-ring (bicyclic) bond motifs is 15. The predicted octanol–water partition coefficient (Wildman–Crippen LogP) is 13.7. The van der Waals surface area contributed by atoms with Crippen molar-refractivity contribution in [2.24, 2.45) is 0 Å². The Bertz CT molecular complexity index is 3830. The van der Waals surface area contributed by atoms with E-state index < -0.39 is 7.14 Å². The number of hydrogen-bond donors (Lipinski definition) is 0. The van der Waals surface area contributed by atoms with E-state index in [2.05, 4.69) is 138 Å². The van der Waals surface area contributed by atoms with Crippen molar-refractivity contribution in [2.75, 3.05) is 0 Å². The van der Waals surface area contributed by atoms with Crippen LogP contribution < -0.4 is 15.9 Å². The van der Waals surface area contributed by atoms with Gasteiger partial charge in [0, 0.05) is 53.9 Å². The SMILES string of the molecule is O=P(c1ccc2oc3ccccc3c2c1)(c1ccc2oc3ccccc3c2c1)c1ccc2c(c1)c1ccccc1c1cc3c4ccccc4n(-c4ccccc4)c3cc21. The molecule has 0 fully saturated rings. The standard InChI is InChI=1S/C54H32NO3P/c56-59(35-23-26-53-47(29-35)41-17-7-10-20-51(41)57-53,36-24-27-54-48(30-36)42-18-8-11-21-52(42)58-54)34-22-25-39-43(28-34)37-14-4-5-15-38(37)44-31-46-40-16-6-9-19-49(40)55(50(46)32-45(39)44)33-12-2-1-3-13-33/h1-32H. The summed E-state index contributed by atoms with van der Waals surface area (Å²) in [6.07, 6.45) is 0. The third kappa shape index (κ3) is 4.58. The second-order valence-electron chi connectivity index (χ2n) is 15.5. The molecule has 0 aliphatic carbocycles. The number of nitrogens with zero attached hydrogens (tertiary/aromatic N) is 1. The van der Waals surface area contributed by atoms with Crippen molar-refractivity contribution in [3.05, 3.63) is 194 Å². The summed E-state index contributed by atoms with van der Waals surface area (Å²) in [5.41, 5.74) is 6.61. The summed E-state index contributed by atoms with van der Waals surface area (Å²) in [7, 11) is -3.53. The van der Waals surface area contributed by atoms with E-state index in [1.54, 1.807) is 0 Å². The smallest absolute Gasteiger partial charge is 0.171 e. The van der Waals surface area contributed by atoms with Crippen molar-refractivity contribution in [3.63, 3.8) is 0 Å². The van der Waals surface area contributed by atoms with E-state index in [0.29, 0.717) is 0 Å². The van der Waals surface area contributed by atoms with E-state index in [0.717, 1.165) is 97.9 Å². The average molecular weight is 774 g/mol. The van der Waals surface area contributed by atoms with Gasteiger partial charge in [-0.25, -0.2) is 0 Å². The summed E-state index contributed by atoms with van der Waals surface area (Å²) in [5.74, 6) is 0. The Morgan fingerprint density at radius 2 is 0.746 bits per heavy atom. The summed E-state index contributed by atoms with van der Waals surface area (Å²) in [6, 6.07) is 67.4. The summed E-state index contributed by atoms with van der Waals surface area (Å²) < 4.78 is 31.6. The van der Waals surface area contributed by atoms with Gasteiger partial charge in [-0.2, -0.15) is 0 Å². The zero-order chi connectivity index (χ0) is 38.8. The van der Waals surface area contributed by atoms with E-state index in [4.69, 9.17) is 8.83 Å². The Hall–Kier alpha value is -7.39. The van der Waals surface area contributed by atoms with Crippen LogP contribution >= 0.6 is 7.14 Å². The predicted molar refractivity (Wildman–Crippen MR) is 247 cm³/mol. The first-order valence-electron chi connectivity index (χ1n) is 19.9. The van der Waals surface area contributed by atoms with Crippen molar-refractivity contribution < 1.29 is 13.4 Å². The molecule has 13 rings (SSSR count). The van der Waals surface area contributed by atoms with Gasteiger partial charge in [-0.1, -0.05) is 109 Å². The molecule has 3 heterocycles. The van der Waals surface area contributed by atoms with Crippen LogP contribution in [0.2, 0.25) is 0 Å². The molecule has 276 valence electrons. The second kappa shape index (κ2) is 12.1. The maximum absolute atomic E-state index is 16.7. The molecule has 3 aromatic heterocycles. The van der Waals surface area contributed by atoms with Crippen LogP contribution in [0.25, 0.3) is 104 Å². The Balaban J connectivity index is 1.12. The monoisotopic (exact) mass is 773 g/mol. The molecule has 13 aromatic rings. The highest BCUT2D eigenvalue weighted by Gasteiger charge is 2.32. The van der Waals surface area contributed by atoms with Crippen molar-refractivity contribution in [1.29, 1.82) is 0 Å². The lowest BCUT2D eigenvalue weighted by Crippen LogP contribution is -2.25. The fourth-order valence-electron chi connectivity index (χ4n) is 9.72. The molecule has 4 nitrogen and oxygen atoms in total. The number of aromatic nitrogens is 1. The first-order chi connectivity index (χ1) is 29.1. The molecule has 0 saturated carbocycles. The molecule has 5 heteroatoms.